The first-order valence-electron chi connectivity index (χ1n) is 5.85. The molecule has 17 heavy (non-hydrogen) atoms. The number of ether oxygens (including phenoxy) is 1. The van der Waals surface area contributed by atoms with Crippen molar-refractivity contribution in [3.63, 3.8) is 0 Å². The van der Waals surface area contributed by atoms with E-state index in [4.69, 9.17) is 4.74 Å². The second kappa shape index (κ2) is 7.33. The quantitative estimate of drug-likeness (QED) is 0.443. The van der Waals surface area contributed by atoms with Crippen LogP contribution in [0.1, 0.15) is 31.0 Å². The summed E-state index contributed by atoms with van der Waals surface area (Å²) in [5.74, 6) is 0.170. The van der Waals surface area contributed by atoms with Crippen LogP contribution in [-0.4, -0.2) is 23.3 Å². The normalized spacial score (nSPS) is 10.3. The Kier molecular flexibility index (Phi) is 6.05. The molecule has 3 nitrogen and oxygen atoms in total. The summed E-state index contributed by atoms with van der Waals surface area (Å²) in [6, 6.07) is 4.00. The average molecular weight is 253 g/mol. The zero-order valence-electron chi connectivity index (χ0n) is 10.7. The first-order valence-corrected chi connectivity index (χ1v) is 6.84. The van der Waals surface area contributed by atoms with E-state index in [1.165, 1.54) is 17.3 Å². The Bertz CT molecular complexity index is 359. The summed E-state index contributed by atoms with van der Waals surface area (Å²) in [6.07, 6.45) is 1.97. The second-order valence-electron chi connectivity index (χ2n) is 3.99. The average Bonchev–Trinajstić information content (AvgIpc) is 2.25. The van der Waals surface area contributed by atoms with Gasteiger partial charge in [0.2, 0.25) is 0 Å². The van der Waals surface area contributed by atoms with Gasteiger partial charge in [0.05, 0.1) is 17.4 Å². The fourth-order valence-corrected chi connectivity index (χ4v) is 2.21. The lowest BCUT2D eigenvalue weighted by Gasteiger charge is -2.05. The maximum atomic E-state index is 11.4. The van der Waals surface area contributed by atoms with Crippen molar-refractivity contribution in [1.29, 1.82) is 0 Å². The first-order chi connectivity index (χ1) is 8.11. The van der Waals surface area contributed by atoms with E-state index in [9.17, 15) is 4.79 Å². The fourth-order valence-electron chi connectivity index (χ4n) is 1.38. The summed E-state index contributed by atoms with van der Waals surface area (Å²) in [6.45, 7) is 6.58. The maximum absolute atomic E-state index is 11.4. The zero-order valence-corrected chi connectivity index (χ0v) is 11.5. The molecule has 1 rings (SSSR count). The number of thioether (sulfide) groups is 1. The topological polar surface area (TPSA) is 39.2 Å². The van der Waals surface area contributed by atoms with Crippen LogP contribution in [0.25, 0.3) is 0 Å². The fraction of sp³-hybridized carbons (Fsp3) is 0.538. The van der Waals surface area contributed by atoms with Gasteiger partial charge in [0, 0.05) is 5.69 Å². The summed E-state index contributed by atoms with van der Waals surface area (Å²) >= 11 is 1.43. The van der Waals surface area contributed by atoms with Gasteiger partial charge in [-0.25, -0.2) is 4.98 Å². The highest BCUT2D eigenvalue weighted by Gasteiger charge is 2.05. The number of aryl methyl sites for hydroxylation is 2. The van der Waals surface area contributed by atoms with E-state index in [0.717, 1.165) is 23.6 Å². The molecule has 94 valence electrons. The molecule has 0 aliphatic heterocycles. The molecule has 0 aliphatic carbocycles. The number of hydrogen-bond acceptors (Lipinski definition) is 4. The zero-order chi connectivity index (χ0) is 12.7. The van der Waals surface area contributed by atoms with Gasteiger partial charge < -0.3 is 4.74 Å². The molecule has 0 saturated carbocycles. The molecule has 1 aromatic heterocycles. The molecule has 0 unspecified atom stereocenters. The summed E-state index contributed by atoms with van der Waals surface area (Å²) in [4.78, 5) is 15.7. The van der Waals surface area contributed by atoms with E-state index in [0.29, 0.717) is 12.4 Å². The van der Waals surface area contributed by atoms with Gasteiger partial charge in [-0.2, -0.15) is 0 Å². The van der Waals surface area contributed by atoms with Crippen molar-refractivity contribution in [3.8, 4) is 0 Å². The van der Waals surface area contributed by atoms with Crippen molar-refractivity contribution >= 4 is 17.7 Å². The number of carbonyl (C=O) groups excluding carboxylic acids is 1. The number of aromatic nitrogens is 1. The highest BCUT2D eigenvalue weighted by molar-refractivity contribution is 7.99. The lowest BCUT2D eigenvalue weighted by Crippen LogP contribution is -2.08. The van der Waals surface area contributed by atoms with Gasteiger partial charge in [-0.15, -0.1) is 0 Å². The van der Waals surface area contributed by atoms with Crippen LogP contribution in [0.5, 0.6) is 0 Å². The molecule has 0 radical (unpaired) electrons. The van der Waals surface area contributed by atoms with Gasteiger partial charge in [-0.1, -0.05) is 25.1 Å². The lowest BCUT2D eigenvalue weighted by molar-refractivity contribution is -0.140. The minimum Gasteiger partial charge on any atom is -0.465 e. The predicted octanol–water partition coefficient (Wildman–Crippen LogP) is 3.13. The Labute approximate surface area is 107 Å². The number of unbranched alkanes of at least 4 members (excludes halogenated alkanes) is 1. The highest BCUT2D eigenvalue weighted by Crippen LogP contribution is 2.17. The van der Waals surface area contributed by atoms with Crippen LogP contribution >= 0.6 is 11.8 Å². The van der Waals surface area contributed by atoms with E-state index >= 15 is 0 Å². The molecule has 0 aliphatic rings. The first kappa shape index (κ1) is 14.0. The van der Waals surface area contributed by atoms with Gasteiger partial charge in [-0.3, -0.25) is 4.79 Å². The summed E-state index contributed by atoms with van der Waals surface area (Å²) < 4.78 is 5.08. The van der Waals surface area contributed by atoms with E-state index in [-0.39, 0.29) is 5.97 Å². The molecule has 1 aromatic rings. The molecule has 0 aromatic carbocycles. The van der Waals surface area contributed by atoms with Crippen LogP contribution in [0.15, 0.2) is 17.2 Å². The molecule has 0 N–H and O–H groups in total. The minimum atomic E-state index is -0.163. The van der Waals surface area contributed by atoms with Crippen molar-refractivity contribution in [2.75, 3.05) is 12.4 Å². The largest absolute Gasteiger partial charge is 0.465 e. The van der Waals surface area contributed by atoms with Gasteiger partial charge in [0.25, 0.3) is 0 Å². The third-order valence-corrected chi connectivity index (χ3v) is 3.06. The minimum absolute atomic E-state index is 0.163. The SMILES string of the molecule is CCCCOC(=O)CSc1cc(C)cc(C)n1. The van der Waals surface area contributed by atoms with E-state index in [1.807, 2.05) is 26.0 Å². The molecule has 0 spiro atoms. The molecule has 4 heteroatoms. The third kappa shape index (κ3) is 5.73. The number of esters is 1. The van der Waals surface area contributed by atoms with E-state index in [2.05, 4.69) is 11.9 Å². The van der Waals surface area contributed by atoms with Crippen molar-refractivity contribution in [2.24, 2.45) is 0 Å². The second-order valence-corrected chi connectivity index (χ2v) is 4.98. The molecule has 0 fully saturated rings. The number of pyridine rings is 1. The molecule has 0 bridgehead atoms. The van der Waals surface area contributed by atoms with Crippen LogP contribution in [0, 0.1) is 13.8 Å². The predicted molar refractivity (Wildman–Crippen MR) is 70.3 cm³/mol. The number of nitrogens with zero attached hydrogens (tertiary/aromatic N) is 1. The Morgan fingerprint density at radius 2 is 2.18 bits per heavy atom. The third-order valence-electron chi connectivity index (χ3n) is 2.17. The molecule has 0 atom stereocenters. The van der Waals surface area contributed by atoms with Crippen molar-refractivity contribution in [2.45, 2.75) is 38.6 Å². The molecule has 0 amide bonds. The molecular weight excluding hydrogens is 234 g/mol. The molecule has 0 saturated heterocycles. The Morgan fingerprint density at radius 1 is 1.41 bits per heavy atom. The Morgan fingerprint density at radius 3 is 2.82 bits per heavy atom. The van der Waals surface area contributed by atoms with Gasteiger partial charge in [0.15, 0.2) is 0 Å². The highest BCUT2D eigenvalue weighted by atomic mass is 32.2. The standard InChI is InChI=1S/C13H19NO2S/c1-4-5-6-16-13(15)9-17-12-8-10(2)7-11(3)14-12/h7-8H,4-6,9H2,1-3H3. The number of carbonyl (C=O) groups is 1. The number of rotatable bonds is 6. The van der Waals surface area contributed by atoms with Crippen LogP contribution in [0.4, 0.5) is 0 Å². The Hall–Kier alpha value is -1.03. The lowest BCUT2D eigenvalue weighted by atomic mass is 10.3. The van der Waals surface area contributed by atoms with Crippen molar-refractivity contribution < 1.29 is 9.53 Å². The van der Waals surface area contributed by atoms with E-state index < -0.39 is 0 Å². The number of hydrogen-bond donors (Lipinski definition) is 0. The van der Waals surface area contributed by atoms with Crippen molar-refractivity contribution in [1.82, 2.24) is 4.98 Å². The van der Waals surface area contributed by atoms with E-state index in [1.54, 1.807) is 0 Å². The van der Waals surface area contributed by atoms with Crippen molar-refractivity contribution in [3.05, 3.63) is 23.4 Å². The smallest absolute Gasteiger partial charge is 0.316 e. The van der Waals surface area contributed by atoms with Gasteiger partial charge in [0.1, 0.15) is 0 Å². The monoisotopic (exact) mass is 253 g/mol. The van der Waals surface area contributed by atoms with Crippen LogP contribution in [0.3, 0.4) is 0 Å². The molecule has 1 heterocycles. The van der Waals surface area contributed by atoms with Gasteiger partial charge >= 0.3 is 5.97 Å². The summed E-state index contributed by atoms with van der Waals surface area (Å²) in [5, 5.41) is 0.884. The molecular formula is C13H19NO2S. The maximum Gasteiger partial charge on any atom is 0.316 e. The van der Waals surface area contributed by atoms with Gasteiger partial charge in [-0.05, 0) is 38.0 Å². The van der Waals surface area contributed by atoms with Crippen LogP contribution < -0.4 is 0 Å². The summed E-state index contributed by atoms with van der Waals surface area (Å²) in [7, 11) is 0. The van der Waals surface area contributed by atoms with Crippen LogP contribution in [-0.2, 0) is 9.53 Å². The van der Waals surface area contributed by atoms with Crippen LogP contribution in [0.2, 0.25) is 0 Å². The summed E-state index contributed by atoms with van der Waals surface area (Å²) in [5.41, 5.74) is 2.14. The Balaban J connectivity index is 2.36.